The second kappa shape index (κ2) is 8.71. The Morgan fingerprint density at radius 2 is 1.89 bits per heavy atom. The number of hydrogen-bond donors (Lipinski definition) is 2. The van der Waals surface area contributed by atoms with Gasteiger partial charge in [-0.1, -0.05) is 19.1 Å². The van der Waals surface area contributed by atoms with E-state index in [1.54, 1.807) is 36.1 Å². The summed E-state index contributed by atoms with van der Waals surface area (Å²) in [6.45, 7) is 4.15. The third kappa shape index (κ3) is 6.21. The van der Waals surface area contributed by atoms with Crippen LogP contribution in [0.1, 0.15) is 20.3 Å². The van der Waals surface area contributed by atoms with Gasteiger partial charge in [0.05, 0.1) is 42.9 Å². The van der Waals surface area contributed by atoms with E-state index in [0.717, 1.165) is 0 Å². The van der Waals surface area contributed by atoms with E-state index in [-0.39, 0.29) is 36.4 Å². The lowest BCUT2D eigenvalue weighted by atomic mass is 10.0. The van der Waals surface area contributed by atoms with Crippen LogP contribution in [0.3, 0.4) is 0 Å². The number of methoxy groups -OCH3 is 1. The van der Waals surface area contributed by atoms with Crippen LogP contribution >= 0.6 is 0 Å². The van der Waals surface area contributed by atoms with Gasteiger partial charge in [-0.15, -0.1) is 0 Å². The number of nitrogens with zero attached hydrogens (tertiary/aromatic N) is 1. The molecule has 1 heterocycles. The zero-order valence-electron chi connectivity index (χ0n) is 15.9. The quantitative estimate of drug-likeness (QED) is 0.667. The summed E-state index contributed by atoms with van der Waals surface area (Å²) in [5.41, 5.74) is -0.177. The van der Waals surface area contributed by atoms with E-state index < -0.39 is 15.4 Å². The number of benzene rings is 1. The average Bonchev–Trinajstić information content (AvgIpc) is 2.87. The Morgan fingerprint density at radius 1 is 1.22 bits per heavy atom. The van der Waals surface area contributed by atoms with Crippen LogP contribution in [0, 0.1) is 0 Å². The Labute approximate surface area is 160 Å². The second-order valence-electron chi connectivity index (χ2n) is 7.00. The van der Waals surface area contributed by atoms with Gasteiger partial charge in [-0.3, -0.25) is 14.5 Å². The van der Waals surface area contributed by atoms with E-state index in [2.05, 4.69) is 10.6 Å². The molecule has 8 nitrogen and oxygen atoms in total. The standard InChI is InChI=1S/C18H27N3O5S/c1-4-21(11-16(22)19-14-7-5-6-8-15(14)26-3)12-17(23)20-18(2)9-10-27(24,25)13-18/h5-8H,4,9-13H2,1-3H3,(H,19,22)(H,20,23)/t18-/m0/s1. The van der Waals surface area contributed by atoms with Gasteiger partial charge >= 0.3 is 0 Å². The Morgan fingerprint density at radius 3 is 2.48 bits per heavy atom. The molecule has 1 saturated heterocycles. The monoisotopic (exact) mass is 397 g/mol. The van der Waals surface area contributed by atoms with Crippen molar-refractivity contribution in [3.05, 3.63) is 24.3 Å². The number of rotatable bonds is 8. The molecule has 0 radical (unpaired) electrons. The third-order valence-corrected chi connectivity index (χ3v) is 6.41. The van der Waals surface area contributed by atoms with Gasteiger partial charge < -0.3 is 15.4 Å². The van der Waals surface area contributed by atoms with Crippen LogP contribution in [0.2, 0.25) is 0 Å². The van der Waals surface area contributed by atoms with Gasteiger partial charge in [0.25, 0.3) is 0 Å². The van der Waals surface area contributed by atoms with Gasteiger partial charge in [0, 0.05) is 0 Å². The Balaban J connectivity index is 1.89. The SMILES string of the molecule is CCN(CC(=O)Nc1ccccc1OC)CC(=O)N[C@@]1(C)CCS(=O)(=O)C1. The molecule has 2 rings (SSSR count). The Kier molecular flexibility index (Phi) is 6.83. The number of ether oxygens (including phenoxy) is 1. The lowest BCUT2D eigenvalue weighted by molar-refractivity contribution is -0.124. The molecule has 1 aliphatic rings. The van der Waals surface area contributed by atoms with Gasteiger partial charge in [0.15, 0.2) is 9.84 Å². The highest BCUT2D eigenvalue weighted by Gasteiger charge is 2.39. The molecule has 1 aromatic carbocycles. The average molecular weight is 397 g/mol. The molecule has 0 unspecified atom stereocenters. The molecule has 0 spiro atoms. The maximum absolute atomic E-state index is 12.3. The van der Waals surface area contributed by atoms with Crippen molar-refractivity contribution in [1.82, 2.24) is 10.2 Å². The van der Waals surface area contributed by atoms with Crippen molar-refractivity contribution in [2.45, 2.75) is 25.8 Å². The molecule has 27 heavy (non-hydrogen) atoms. The lowest BCUT2D eigenvalue weighted by Crippen LogP contribution is -2.51. The highest BCUT2D eigenvalue weighted by Crippen LogP contribution is 2.23. The van der Waals surface area contributed by atoms with E-state index in [1.165, 1.54) is 7.11 Å². The first-order chi connectivity index (χ1) is 12.7. The molecule has 2 amide bonds. The van der Waals surface area contributed by atoms with Crippen LogP contribution in [0.5, 0.6) is 5.75 Å². The summed E-state index contributed by atoms with van der Waals surface area (Å²) in [6.07, 6.45) is 0.404. The topological polar surface area (TPSA) is 105 Å². The van der Waals surface area contributed by atoms with E-state index in [1.807, 2.05) is 6.92 Å². The molecule has 0 saturated carbocycles. The highest BCUT2D eigenvalue weighted by molar-refractivity contribution is 7.91. The number of carbonyl (C=O) groups is 2. The van der Waals surface area contributed by atoms with Gasteiger partial charge in [0.2, 0.25) is 11.8 Å². The van der Waals surface area contributed by atoms with Crippen LogP contribution in [0.15, 0.2) is 24.3 Å². The molecular weight excluding hydrogens is 370 g/mol. The number of hydrogen-bond acceptors (Lipinski definition) is 6. The summed E-state index contributed by atoms with van der Waals surface area (Å²) in [5.74, 6) is 0.0433. The first-order valence-electron chi connectivity index (χ1n) is 8.83. The fourth-order valence-corrected chi connectivity index (χ4v) is 5.20. The molecule has 1 fully saturated rings. The van der Waals surface area contributed by atoms with Crippen LogP contribution in [-0.2, 0) is 19.4 Å². The molecule has 1 aliphatic heterocycles. The highest BCUT2D eigenvalue weighted by atomic mass is 32.2. The molecule has 2 N–H and O–H groups in total. The molecular formula is C18H27N3O5S. The van der Waals surface area contributed by atoms with Gasteiger partial charge in [-0.05, 0) is 32.0 Å². The van der Waals surface area contributed by atoms with Crippen LogP contribution in [-0.4, -0.2) is 68.9 Å². The molecule has 0 aliphatic carbocycles. The van der Waals surface area contributed by atoms with Gasteiger partial charge in [0.1, 0.15) is 5.75 Å². The third-order valence-electron chi connectivity index (χ3n) is 4.51. The van der Waals surface area contributed by atoms with Crippen LogP contribution < -0.4 is 15.4 Å². The Bertz CT molecular complexity index is 796. The predicted octanol–water partition coefficient (Wildman–Crippen LogP) is 0.649. The van der Waals surface area contributed by atoms with E-state index in [9.17, 15) is 18.0 Å². The number of likely N-dealkylation sites (N-methyl/N-ethyl adjacent to an activating group) is 1. The molecule has 150 valence electrons. The number of para-hydroxylation sites is 2. The molecule has 1 aromatic rings. The Hall–Kier alpha value is -2.13. The van der Waals surface area contributed by atoms with Crippen molar-refractivity contribution in [3.63, 3.8) is 0 Å². The minimum absolute atomic E-state index is 0.0193. The molecule has 9 heteroatoms. The van der Waals surface area contributed by atoms with Crippen LogP contribution in [0.25, 0.3) is 0 Å². The zero-order valence-corrected chi connectivity index (χ0v) is 16.8. The smallest absolute Gasteiger partial charge is 0.238 e. The van der Waals surface area contributed by atoms with Crippen molar-refractivity contribution in [2.75, 3.05) is 43.6 Å². The summed E-state index contributed by atoms with van der Waals surface area (Å²) < 4.78 is 28.5. The van der Waals surface area contributed by atoms with E-state index in [0.29, 0.717) is 24.4 Å². The van der Waals surface area contributed by atoms with Crippen LogP contribution in [0.4, 0.5) is 5.69 Å². The summed E-state index contributed by atoms with van der Waals surface area (Å²) in [7, 11) is -1.57. The fraction of sp³-hybridized carbons (Fsp3) is 0.556. The molecule has 1 atom stereocenters. The first-order valence-corrected chi connectivity index (χ1v) is 10.7. The number of sulfone groups is 1. The second-order valence-corrected chi connectivity index (χ2v) is 9.19. The number of nitrogens with one attached hydrogen (secondary N) is 2. The van der Waals surface area contributed by atoms with E-state index in [4.69, 9.17) is 4.74 Å². The van der Waals surface area contributed by atoms with Crippen molar-refractivity contribution in [2.24, 2.45) is 0 Å². The molecule has 0 bridgehead atoms. The summed E-state index contributed by atoms with van der Waals surface area (Å²) in [6, 6.07) is 7.08. The van der Waals surface area contributed by atoms with Gasteiger partial charge in [-0.2, -0.15) is 0 Å². The summed E-state index contributed by atoms with van der Waals surface area (Å²) in [4.78, 5) is 26.3. The maximum Gasteiger partial charge on any atom is 0.238 e. The minimum atomic E-state index is -3.10. The first kappa shape index (κ1) is 21.2. The maximum atomic E-state index is 12.3. The largest absolute Gasteiger partial charge is 0.495 e. The van der Waals surface area contributed by atoms with Crippen molar-refractivity contribution in [1.29, 1.82) is 0 Å². The normalized spacial score (nSPS) is 21.0. The number of carbonyl (C=O) groups excluding carboxylic acids is 2. The van der Waals surface area contributed by atoms with E-state index >= 15 is 0 Å². The van der Waals surface area contributed by atoms with Gasteiger partial charge in [-0.25, -0.2) is 8.42 Å². The van der Waals surface area contributed by atoms with Crippen molar-refractivity contribution >= 4 is 27.3 Å². The number of anilines is 1. The predicted molar refractivity (Wildman–Crippen MR) is 104 cm³/mol. The lowest BCUT2D eigenvalue weighted by Gasteiger charge is -2.26. The summed E-state index contributed by atoms with van der Waals surface area (Å²) in [5, 5.41) is 5.58. The minimum Gasteiger partial charge on any atom is -0.495 e. The van der Waals surface area contributed by atoms with Crippen molar-refractivity contribution < 1.29 is 22.7 Å². The fourth-order valence-electron chi connectivity index (χ4n) is 3.11. The van der Waals surface area contributed by atoms with Crippen molar-refractivity contribution in [3.8, 4) is 5.75 Å². The zero-order chi connectivity index (χ0) is 20.1. The summed E-state index contributed by atoms with van der Waals surface area (Å²) >= 11 is 0. The molecule has 0 aromatic heterocycles. The number of amides is 2.